The number of likely N-dealkylation sites (N-methyl/N-ethyl adjacent to an activating group) is 1. The molecule has 1 heterocycles. The Bertz CT molecular complexity index is 320. The van der Waals surface area contributed by atoms with Gasteiger partial charge in [0.05, 0.1) is 6.61 Å². The van der Waals surface area contributed by atoms with E-state index in [9.17, 15) is 9.90 Å². The molecule has 2 fully saturated rings. The van der Waals surface area contributed by atoms with Gasteiger partial charge in [-0.2, -0.15) is 0 Å². The van der Waals surface area contributed by atoms with Gasteiger partial charge in [-0.3, -0.25) is 4.79 Å². The van der Waals surface area contributed by atoms with Gasteiger partial charge < -0.3 is 19.6 Å². The zero-order chi connectivity index (χ0) is 14.5. The van der Waals surface area contributed by atoms with Gasteiger partial charge in [0.25, 0.3) is 0 Å². The first-order chi connectivity index (χ1) is 9.65. The lowest BCUT2D eigenvalue weighted by Crippen LogP contribution is -2.38. The number of likely N-dealkylation sites (tertiary alicyclic amines) is 1. The average Bonchev–Trinajstić information content (AvgIpc) is 2.77. The van der Waals surface area contributed by atoms with Gasteiger partial charge in [-0.1, -0.05) is 6.42 Å². The van der Waals surface area contributed by atoms with Crippen LogP contribution in [0.4, 0.5) is 0 Å². The van der Waals surface area contributed by atoms with Crippen LogP contribution >= 0.6 is 0 Å². The van der Waals surface area contributed by atoms with Gasteiger partial charge in [-0.05, 0) is 25.8 Å². The van der Waals surface area contributed by atoms with Gasteiger partial charge in [-0.15, -0.1) is 0 Å². The number of ether oxygens (including phenoxy) is 1. The largest absolute Gasteiger partial charge is 0.396 e. The molecule has 2 aliphatic rings. The summed E-state index contributed by atoms with van der Waals surface area (Å²) in [5.74, 6) is 1.19. The lowest BCUT2D eigenvalue weighted by atomic mass is 9.84. The smallest absolute Gasteiger partial charge is 0.225 e. The van der Waals surface area contributed by atoms with Crippen LogP contribution in [0.15, 0.2) is 0 Å². The molecule has 0 aromatic heterocycles. The Kier molecular flexibility index (Phi) is 5.81. The predicted octanol–water partition coefficient (Wildman–Crippen LogP) is 0.432. The first-order valence-corrected chi connectivity index (χ1v) is 7.72. The van der Waals surface area contributed by atoms with Crippen molar-refractivity contribution in [3.05, 3.63) is 0 Å². The number of hydrogen-bond donors (Lipinski definition) is 1. The molecule has 1 aliphatic heterocycles. The van der Waals surface area contributed by atoms with Crippen molar-refractivity contribution in [2.24, 2.45) is 17.8 Å². The predicted molar refractivity (Wildman–Crippen MR) is 77.4 cm³/mol. The number of carbonyl (C=O) groups is 1. The molecule has 20 heavy (non-hydrogen) atoms. The maximum absolute atomic E-state index is 12.3. The molecule has 1 amide bonds. The van der Waals surface area contributed by atoms with Crippen LogP contribution in [0.3, 0.4) is 0 Å². The van der Waals surface area contributed by atoms with E-state index >= 15 is 0 Å². The van der Waals surface area contributed by atoms with Crippen LogP contribution in [-0.4, -0.2) is 74.4 Å². The second-order valence-corrected chi connectivity index (χ2v) is 6.33. The number of rotatable bonds is 7. The summed E-state index contributed by atoms with van der Waals surface area (Å²) in [7, 11) is 3.78. The molecule has 0 spiro atoms. The molecule has 5 heteroatoms. The van der Waals surface area contributed by atoms with Gasteiger partial charge in [0.1, 0.15) is 0 Å². The van der Waals surface area contributed by atoms with Crippen LogP contribution in [0.1, 0.15) is 19.3 Å². The van der Waals surface area contributed by atoms with Gasteiger partial charge >= 0.3 is 0 Å². The molecular formula is C15H28N2O3. The molecule has 2 rings (SSSR count). The minimum Gasteiger partial charge on any atom is -0.396 e. The first-order valence-electron chi connectivity index (χ1n) is 7.72. The molecule has 1 aliphatic carbocycles. The van der Waals surface area contributed by atoms with Crippen molar-refractivity contribution in [2.45, 2.75) is 19.3 Å². The second-order valence-electron chi connectivity index (χ2n) is 6.33. The SMILES string of the molecule is COCCN(C)CC1CN(C(=O)C2CCC2)CC1CO. The van der Waals surface area contributed by atoms with Crippen molar-refractivity contribution >= 4 is 5.91 Å². The highest BCUT2D eigenvalue weighted by molar-refractivity contribution is 5.79. The monoisotopic (exact) mass is 284 g/mol. The lowest BCUT2D eigenvalue weighted by molar-refractivity contribution is -0.137. The van der Waals surface area contributed by atoms with E-state index in [1.54, 1.807) is 7.11 Å². The van der Waals surface area contributed by atoms with Crippen LogP contribution in [0.25, 0.3) is 0 Å². The third-order valence-electron chi connectivity index (χ3n) is 4.80. The number of aliphatic hydroxyl groups excluding tert-OH is 1. The van der Waals surface area contributed by atoms with E-state index < -0.39 is 0 Å². The Morgan fingerprint density at radius 3 is 2.60 bits per heavy atom. The maximum Gasteiger partial charge on any atom is 0.225 e. The van der Waals surface area contributed by atoms with Crippen molar-refractivity contribution < 1.29 is 14.6 Å². The summed E-state index contributed by atoms with van der Waals surface area (Å²) in [5, 5.41) is 9.55. The quantitative estimate of drug-likeness (QED) is 0.737. The molecule has 0 bridgehead atoms. The highest BCUT2D eigenvalue weighted by Crippen LogP contribution is 2.32. The van der Waals surface area contributed by atoms with Crippen molar-refractivity contribution in [3.8, 4) is 0 Å². The maximum atomic E-state index is 12.3. The van der Waals surface area contributed by atoms with E-state index in [1.807, 2.05) is 4.90 Å². The van der Waals surface area contributed by atoms with Crippen LogP contribution in [-0.2, 0) is 9.53 Å². The van der Waals surface area contributed by atoms with Gasteiger partial charge in [0, 0.05) is 51.7 Å². The summed E-state index contributed by atoms with van der Waals surface area (Å²) in [5.41, 5.74) is 0. The Hall–Kier alpha value is -0.650. The van der Waals surface area contributed by atoms with E-state index in [4.69, 9.17) is 4.74 Å². The van der Waals surface area contributed by atoms with Crippen molar-refractivity contribution in [1.82, 2.24) is 9.80 Å². The lowest BCUT2D eigenvalue weighted by Gasteiger charge is -2.29. The summed E-state index contributed by atoms with van der Waals surface area (Å²) in [6.07, 6.45) is 3.30. The third-order valence-corrected chi connectivity index (χ3v) is 4.80. The summed E-state index contributed by atoms with van der Waals surface area (Å²) in [6, 6.07) is 0. The van der Waals surface area contributed by atoms with Gasteiger partial charge in [-0.25, -0.2) is 0 Å². The van der Waals surface area contributed by atoms with Crippen molar-refractivity contribution in [3.63, 3.8) is 0 Å². The number of nitrogens with zero attached hydrogens (tertiary/aromatic N) is 2. The summed E-state index contributed by atoms with van der Waals surface area (Å²) >= 11 is 0. The minimum absolute atomic E-state index is 0.178. The Morgan fingerprint density at radius 2 is 2.05 bits per heavy atom. The van der Waals surface area contributed by atoms with Crippen LogP contribution in [0.5, 0.6) is 0 Å². The van der Waals surface area contributed by atoms with E-state index in [0.29, 0.717) is 11.8 Å². The van der Waals surface area contributed by atoms with Crippen LogP contribution in [0, 0.1) is 17.8 Å². The highest BCUT2D eigenvalue weighted by Gasteiger charge is 2.38. The molecule has 0 aromatic carbocycles. The Morgan fingerprint density at radius 1 is 1.35 bits per heavy atom. The standard InChI is InChI=1S/C15H28N2O3/c1-16(6-7-20-2)8-13-9-17(10-14(13)11-18)15(19)12-4-3-5-12/h12-14,18H,3-11H2,1-2H3. The Labute approximate surface area is 121 Å². The fourth-order valence-electron chi connectivity index (χ4n) is 3.18. The topological polar surface area (TPSA) is 53.0 Å². The molecule has 2 unspecified atom stereocenters. The zero-order valence-electron chi connectivity index (χ0n) is 12.8. The number of aliphatic hydroxyl groups is 1. The molecule has 1 N–H and O–H groups in total. The third kappa shape index (κ3) is 3.71. The average molecular weight is 284 g/mol. The fourth-order valence-corrected chi connectivity index (χ4v) is 3.18. The van der Waals surface area contributed by atoms with Gasteiger partial charge in [0.15, 0.2) is 0 Å². The van der Waals surface area contributed by atoms with Gasteiger partial charge in [0.2, 0.25) is 5.91 Å². The molecule has 116 valence electrons. The number of amides is 1. The molecular weight excluding hydrogens is 256 g/mol. The zero-order valence-corrected chi connectivity index (χ0v) is 12.8. The minimum atomic E-state index is 0.178. The summed E-state index contributed by atoms with van der Waals surface area (Å²) < 4.78 is 5.09. The van der Waals surface area contributed by atoms with Crippen molar-refractivity contribution in [2.75, 3.05) is 53.6 Å². The fraction of sp³-hybridized carbons (Fsp3) is 0.933. The normalized spacial score (nSPS) is 27.1. The second kappa shape index (κ2) is 7.38. The highest BCUT2D eigenvalue weighted by atomic mass is 16.5. The van der Waals surface area contributed by atoms with E-state index in [0.717, 1.165) is 45.6 Å². The van der Waals surface area contributed by atoms with E-state index in [-0.39, 0.29) is 18.4 Å². The number of carbonyl (C=O) groups excluding carboxylic acids is 1. The van der Waals surface area contributed by atoms with Crippen molar-refractivity contribution in [1.29, 1.82) is 0 Å². The van der Waals surface area contributed by atoms with Crippen LogP contribution in [0.2, 0.25) is 0 Å². The van der Waals surface area contributed by atoms with E-state index in [2.05, 4.69) is 11.9 Å². The molecule has 2 atom stereocenters. The van der Waals surface area contributed by atoms with Crippen LogP contribution < -0.4 is 0 Å². The number of hydrogen-bond acceptors (Lipinski definition) is 4. The first kappa shape index (κ1) is 15.7. The molecule has 1 saturated heterocycles. The molecule has 0 aromatic rings. The number of methoxy groups -OCH3 is 1. The molecule has 5 nitrogen and oxygen atoms in total. The summed E-state index contributed by atoms with van der Waals surface area (Å²) in [6.45, 7) is 4.24. The molecule has 1 saturated carbocycles. The summed E-state index contributed by atoms with van der Waals surface area (Å²) in [4.78, 5) is 16.5. The Balaban J connectivity index is 1.83. The van der Waals surface area contributed by atoms with E-state index in [1.165, 1.54) is 6.42 Å². The molecule has 0 radical (unpaired) electrons.